The van der Waals surface area contributed by atoms with Gasteiger partial charge >= 0.3 is 7.60 Å². The Labute approximate surface area is 180 Å². The predicted molar refractivity (Wildman–Crippen MR) is 121 cm³/mol. The van der Waals surface area contributed by atoms with Gasteiger partial charge in [0.05, 0.1) is 24.2 Å². The zero-order valence-electron chi connectivity index (χ0n) is 17.4. The Morgan fingerprint density at radius 2 is 1.57 bits per heavy atom. The molecule has 0 spiro atoms. The van der Waals surface area contributed by atoms with Gasteiger partial charge in [-0.2, -0.15) is 4.31 Å². The van der Waals surface area contributed by atoms with Crippen LogP contribution in [0.3, 0.4) is 0 Å². The van der Waals surface area contributed by atoms with Gasteiger partial charge in [0.1, 0.15) is 16.8 Å². The molecule has 30 heavy (non-hydrogen) atoms. The van der Waals surface area contributed by atoms with E-state index in [2.05, 4.69) is 12.1 Å². The number of hydrogen-bond acceptors (Lipinski definition) is 4. The minimum absolute atomic E-state index is 0.267. The maximum Gasteiger partial charge on any atom is 0.350 e. The first-order chi connectivity index (χ1) is 14.5. The fraction of sp³-hybridized carbons (Fsp3) is 0.304. The first kappa shape index (κ1) is 21.4. The van der Waals surface area contributed by atoms with Crippen LogP contribution in [0, 0.1) is 6.92 Å². The highest BCUT2D eigenvalue weighted by Crippen LogP contribution is 2.69. The van der Waals surface area contributed by atoms with Crippen LogP contribution in [0.1, 0.15) is 31.0 Å². The number of fused-ring (bicyclic) bond motifs is 1. The van der Waals surface area contributed by atoms with Crippen molar-refractivity contribution in [3.05, 3.63) is 77.9 Å². The summed E-state index contributed by atoms with van der Waals surface area (Å²) in [5, 5.41) is 2.21. The fourth-order valence-corrected chi connectivity index (χ4v) is 7.86. The number of nitrogens with zero attached hydrogens (tertiary/aromatic N) is 1. The lowest BCUT2D eigenvalue weighted by atomic mass is 10.1. The van der Waals surface area contributed by atoms with Crippen LogP contribution in [-0.2, 0) is 24.6 Å². The molecule has 4 rings (SSSR count). The third-order valence-electron chi connectivity index (χ3n) is 5.20. The van der Waals surface area contributed by atoms with Gasteiger partial charge in [0.2, 0.25) is 0 Å². The SMILES string of the molecule is CCOP(=O)(OCC)[C@H]1[C@@H](c2ccc3ccccc3c2)N1[S@@](=O)c1ccc(C)cc1. The van der Waals surface area contributed by atoms with E-state index < -0.39 is 24.4 Å². The maximum atomic E-state index is 13.6. The van der Waals surface area contributed by atoms with Gasteiger partial charge in [-0.05, 0) is 55.3 Å². The third kappa shape index (κ3) is 4.03. The molecule has 1 fully saturated rings. The highest BCUT2D eigenvalue weighted by molar-refractivity contribution is 7.83. The standard InChI is InChI=1S/C23H26NO4PS/c1-4-27-29(25,28-5-2)23-22(20-13-12-18-8-6-7-9-19(18)16-20)24(23)30(26)21-14-10-17(3)11-15-21/h6-16,22-23H,4-5H2,1-3H3/t22-,23+,24?,30+/m1/s1. The van der Waals surface area contributed by atoms with Crippen LogP contribution >= 0.6 is 7.60 Å². The van der Waals surface area contributed by atoms with Gasteiger partial charge < -0.3 is 9.05 Å². The Hall–Kier alpha value is -1.82. The number of aryl methyl sites for hydroxylation is 1. The molecule has 1 heterocycles. The topological polar surface area (TPSA) is 55.6 Å². The van der Waals surface area contributed by atoms with Crippen molar-refractivity contribution < 1.29 is 17.8 Å². The summed E-state index contributed by atoms with van der Waals surface area (Å²) >= 11 is 0. The van der Waals surface area contributed by atoms with E-state index in [9.17, 15) is 8.77 Å². The van der Waals surface area contributed by atoms with Crippen molar-refractivity contribution in [3.63, 3.8) is 0 Å². The number of rotatable bonds is 8. The number of hydrogen-bond donors (Lipinski definition) is 0. The van der Waals surface area contributed by atoms with E-state index in [1.807, 2.05) is 61.5 Å². The lowest BCUT2D eigenvalue weighted by molar-refractivity contribution is 0.216. The van der Waals surface area contributed by atoms with E-state index in [4.69, 9.17) is 9.05 Å². The van der Waals surface area contributed by atoms with Crippen LogP contribution < -0.4 is 0 Å². The molecule has 0 saturated carbocycles. The molecule has 0 radical (unpaired) electrons. The molecular weight excluding hydrogens is 417 g/mol. The van der Waals surface area contributed by atoms with Gasteiger partial charge in [-0.25, -0.2) is 4.21 Å². The number of benzene rings is 3. The van der Waals surface area contributed by atoms with Crippen molar-refractivity contribution in [1.29, 1.82) is 0 Å². The molecule has 1 saturated heterocycles. The minimum Gasteiger partial charge on any atom is -0.308 e. The van der Waals surface area contributed by atoms with Crippen molar-refractivity contribution in [2.24, 2.45) is 0 Å². The quantitative estimate of drug-likeness (QED) is 0.325. The van der Waals surface area contributed by atoms with Crippen LogP contribution in [0.25, 0.3) is 10.8 Å². The second-order valence-corrected chi connectivity index (χ2v) is 10.8. The Morgan fingerprint density at radius 3 is 2.20 bits per heavy atom. The summed E-state index contributed by atoms with van der Waals surface area (Å²) in [5.74, 6) is -0.583. The summed E-state index contributed by atoms with van der Waals surface area (Å²) in [6, 6.07) is 21.5. The van der Waals surface area contributed by atoms with E-state index in [1.54, 1.807) is 18.2 Å². The van der Waals surface area contributed by atoms with Crippen LogP contribution in [0.5, 0.6) is 0 Å². The molecule has 1 aliphatic rings. The van der Waals surface area contributed by atoms with E-state index in [1.165, 1.54) is 0 Å². The van der Waals surface area contributed by atoms with Crippen molar-refractivity contribution in [1.82, 2.24) is 4.31 Å². The van der Waals surface area contributed by atoms with Crippen LogP contribution in [-0.4, -0.2) is 27.5 Å². The zero-order chi connectivity index (χ0) is 21.3. The largest absolute Gasteiger partial charge is 0.350 e. The molecule has 3 aromatic carbocycles. The van der Waals surface area contributed by atoms with Crippen molar-refractivity contribution in [2.45, 2.75) is 37.5 Å². The molecule has 3 aromatic rings. The molecule has 5 nitrogen and oxygen atoms in total. The normalized spacial score (nSPS) is 22.2. The van der Waals surface area contributed by atoms with Crippen LogP contribution in [0.4, 0.5) is 0 Å². The van der Waals surface area contributed by atoms with Crippen molar-refractivity contribution >= 4 is 29.4 Å². The molecule has 0 amide bonds. The Balaban J connectivity index is 1.75. The molecule has 0 aromatic heterocycles. The molecule has 0 N–H and O–H groups in total. The summed E-state index contributed by atoms with van der Waals surface area (Å²) in [5.41, 5.74) is 2.05. The van der Waals surface area contributed by atoms with E-state index >= 15 is 0 Å². The van der Waals surface area contributed by atoms with E-state index in [-0.39, 0.29) is 19.3 Å². The highest BCUT2D eigenvalue weighted by Gasteiger charge is 2.64. The molecule has 0 aliphatic carbocycles. The third-order valence-corrected chi connectivity index (χ3v) is 9.28. The molecular formula is C23H26NO4PS. The summed E-state index contributed by atoms with van der Waals surface area (Å²) in [4.78, 5) is 0.674. The second kappa shape index (κ2) is 8.74. The molecule has 7 heteroatoms. The van der Waals surface area contributed by atoms with E-state index in [0.717, 1.165) is 21.9 Å². The summed E-state index contributed by atoms with van der Waals surface area (Å²) in [6.07, 6.45) is 0. The van der Waals surface area contributed by atoms with Gasteiger partial charge in [-0.3, -0.25) is 4.57 Å². The monoisotopic (exact) mass is 443 g/mol. The fourth-order valence-electron chi connectivity index (χ4n) is 3.75. The van der Waals surface area contributed by atoms with Crippen molar-refractivity contribution in [2.75, 3.05) is 13.2 Å². The molecule has 4 atom stereocenters. The summed E-state index contributed by atoms with van der Waals surface area (Å²) < 4.78 is 40.0. The smallest absolute Gasteiger partial charge is 0.308 e. The molecule has 1 aliphatic heterocycles. The van der Waals surface area contributed by atoms with Gasteiger partial charge in [-0.1, -0.05) is 54.1 Å². The molecule has 158 valence electrons. The first-order valence-corrected chi connectivity index (χ1v) is 12.8. The average molecular weight is 444 g/mol. The maximum absolute atomic E-state index is 13.6. The van der Waals surface area contributed by atoms with Crippen LogP contribution in [0.15, 0.2) is 71.6 Å². The van der Waals surface area contributed by atoms with Gasteiger partial charge in [0.25, 0.3) is 0 Å². The highest BCUT2D eigenvalue weighted by atomic mass is 32.2. The first-order valence-electron chi connectivity index (χ1n) is 10.1. The van der Waals surface area contributed by atoms with Gasteiger partial charge in [0.15, 0.2) is 0 Å². The lowest BCUT2D eigenvalue weighted by Crippen LogP contribution is -2.10. The second-order valence-electron chi connectivity index (χ2n) is 7.26. The zero-order valence-corrected chi connectivity index (χ0v) is 19.1. The average Bonchev–Trinajstić information content (AvgIpc) is 3.50. The van der Waals surface area contributed by atoms with Crippen LogP contribution in [0.2, 0.25) is 0 Å². The summed E-state index contributed by atoms with van der Waals surface area (Å²) in [6.45, 7) is 6.11. The molecule has 0 bridgehead atoms. The minimum atomic E-state index is -3.47. The Bertz CT molecular complexity index is 1110. The Morgan fingerprint density at radius 1 is 0.933 bits per heavy atom. The van der Waals surface area contributed by atoms with Crippen molar-refractivity contribution in [3.8, 4) is 0 Å². The predicted octanol–water partition coefficient (Wildman–Crippen LogP) is 5.82. The lowest BCUT2D eigenvalue weighted by Gasteiger charge is -2.16. The van der Waals surface area contributed by atoms with Gasteiger partial charge in [0, 0.05) is 0 Å². The summed E-state index contributed by atoms with van der Waals surface area (Å²) in [7, 11) is -4.95. The van der Waals surface area contributed by atoms with Gasteiger partial charge in [-0.15, -0.1) is 0 Å². The Kier molecular flexibility index (Phi) is 6.24. The van der Waals surface area contributed by atoms with E-state index in [0.29, 0.717) is 4.90 Å². The molecule has 1 unspecified atom stereocenters.